The van der Waals surface area contributed by atoms with Crippen molar-refractivity contribution in [3.8, 4) is 0 Å². The molecule has 2 rings (SSSR count). The summed E-state index contributed by atoms with van der Waals surface area (Å²) in [6.45, 7) is -0.358. The average Bonchev–Trinajstić information content (AvgIpc) is 2.44. The Morgan fingerprint density at radius 1 is 1.00 bits per heavy atom. The molecule has 2 atom stereocenters. The Morgan fingerprint density at radius 3 is 1.91 bits per heavy atom. The van der Waals surface area contributed by atoms with Crippen LogP contribution in [0.5, 0.6) is 0 Å². The number of aliphatic hydroxyl groups excluding tert-OH is 3. The Hall–Kier alpha value is -0.440. The molecule has 3 N–H and O–H groups in total. The molecule has 2 fully saturated rings. The molecule has 1 aliphatic heterocycles. The fourth-order valence-corrected chi connectivity index (χ4v) is 3.57. The lowest BCUT2D eigenvalue weighted by Crippen LogP contribution is -2.57. The van der Waals surface area contributed by atoms with Crippen molar-refractivity contribution in [2.75, 3.05) is 26.3 Å². The zero-order valence-electron chi connectivity index (χ0n) is 12.3. The standard InChI is InChI=1S/C14H23F4NO3/c15-7-13(3-1-9(2-4-13)14(16,17)18)8-19-5-10(20)12(22)11(21)6-19/h9-12,20-22H,1-8H2. The zero-order chi connectivity index (χ0) is 16.5. The Kier molecular flexibility index (Phi) is 5.36. The zero-order valence-corrected chi connectivity index (χ0v) is 12.3. The van der Waals surface area contributed by atoms with Crippen LogP contribution in [0, 0.1) is 11.3 Å². The minimum absolute atomic E-state index is 0.0860. The van der Waals surface area contributed by atoms with Gasteiger partial charge in [0.25, 0.3) is 0 Å². The van der Waals surface area contributed by atoms with Gasteiger partial charge in [-0.1, -0.05) is 0 Å². The van der Waals surface area contributed by atoms with Gasteiger partial charge in [0, 0.05) is 25.0 Å². The largest absolute Gasteiger partial charge is 0.391 e. The van der Waals surface area contributed by atoms with Crippen LogP contribution >= 0.6 is 0 Å². The first-order valence-corrected chi connectivity index (χ1v) is 7.56. The first kappa shape index (κ1) is 17.9. The predicted molar refractivity (Wildman–Crippen MR) is 70.9 cm³/mol. The van der Waals surface area contributed by atoms with E-state index in [4.69, 9.17) is 0 Å². The number of aliphatic hydroxyl groups is 3. The van der Waals surface area contributed by atoms with Gasteiger partial charge in [-0.3, -0.25) is 9.29 Å². The lowest BCUT2D eigenvalue weighted by molar-refractivity contribution is -0.189. The van der Waals surface area contributed by atoms with E-state index in [2.05, 4.69) is 0 Å². The summed E-state index contributed by atoms with van der Waals surface area (Å²) in [4.78, 5) is 1.63. The van der Waals surface area contributed by atoms with Gasteiger partial charge in [0.15, 0.2) is 0 Å². The monoisotopic (exact) mass is 329 g/mol. The van der Waals surface area contributed by atoms with Crippen LogP contribution in [0.2, 0.25) is 0 Å². The van der Waals surface area contributed by atoms with Gasteiger partial charge in [-0.15, -0.1) is 0 Å². The maximum Gasteiger partial charge on any atom is 0.391 e. The molecule has 0 aromatic carbocycles. The molecule has 0 aromatic rings. The van der Waals surface area contributed by atoms with E-state index in [-0.39, 0.29) is 45.3 Å². The molecule has 1 saturated heterocycles. The summed E-state index contributed by atoms with van der Waals surface area (Å²) < 4.78 is 51.6. The van der Waals surface area contributed by atoms with Crippen LogP contribution in [0.3, 0.4) is 0 Å². The Bertz CT molecular complexity index is 360. The van der Waals surface area contributed by atoms with E-state index in [0.717, 1.165) is 0 Å². The summed E-state index contributed by atoms with van der Waals surface area (Å²) in [6, 6.07) is 0. The van der Waals surface area contributed by atoms with Crippen molar-refractivity contribution < 1.29 is 32.9 Å². The number of hydrogen-bond donors (Lipinski definition) is 3. The second-order valence-corrected chi connectivity index (χ2v) is 6.77. The van der Waals surface area contributed by atoms with E-state index in [1.54, 1.807) is 4.90 Å². The van der Waals surface area contributed by atoms with Gasteiger partial charge in [0.05, 0.1) is 24.8 Å². The van der Waals surface area contributed by atoms with Crippen LogP contribution in [-0.2, 0) is 0 Å². The van der Waals surface area contributed by atoms with Crippen LogP contribution in [0.1, 0.15) is 25.7 Å². The molecule has 2 aliphatic rings. The molecule has 0 radical (unpaired) electrons. The van der Waals surface area contributed by atoms with Crippen LogP contribution in [-0.4, -0.2) is 71.0 Å². The van der Waals surface area contributed by atoms with Crippen molar-refractivity contribution >= 4 is 0 Å². The van der Waals surface area contributed by atoms with Crippen LogP contribution < -0.4 is 0 Å². The molecule has 1 saturated carbocycles. The first-order chi connectivity index (χ1) is 10.2. The molecule has 22 heavy (non-hydrogen) atoms. The van der Waals surface area contributed by atoms with Gasteiger partial charge in [-0.25, -0.2) is 0 Å². The fraction of sp³-hybridized carbons (Fsp3) is 1.00. The second-order valence-electron chi connectivity index (χ2n) is 6.77. The number of likely N-dealkylation sites (tertiary alicyclic amines) is 1. The molecule has 2 unspecified atom stereocenters. The molecule has 0 aromatic heterocycles. The van der Waals surface area contributed by atoms with Crippen molar-refractivity contribution in [1.82, 2.24) is 4.90 Å². The summed E-state index contributed by atoms with van der Waals surface area (Å²) in [5.74, 6) is -1.37. The third kappa shape index (κ3) is 3.90. The van der Waals surface area contributed by atoms with Gasteiger partial charge in [0.1, 0.15) is 6.10 Å². The first-order valence-electron chi connectivity index (χ1n) is 7.56. The van der Waals surface area contributed by atoms with E-state index < -0.39 is 42.5 Å². The Balaban J connectivity index is 1.95. The Morgan fingerprint density at radius 2 is 1.50 bits per heavy atom. The topological polar surface area (TPSA) is 63.9 Å². The summed E-state index contributed by atoms with van der Waals surface area (Å²) in [5, 5.41) is 28.8. The summed E-state index contributed by atoms with van der Waals surface area (Å²) in [6.07, 6.45) is -7.64. The van der Waals surface area contributed by atoms with Gasteiger partial charge in [0.2, 0.25) is 0 Å². The average molecular weight is 329 g/mol. The number of hydrogen-bond acceptors (Lipinski definition) is 4. The fourth-order valence-electron chi connectivity index (χ4n) is 3.57. The minimum atomic E-state index is -4.23. The van der Waals surface area contributed by atoms with Crippen molar-refractivity contribution in [3.05, 3.63) is 0 Å². The maximum atomic E-state index is 13.5. The normalized spacial score (nSPS) is 41.6. The quantitative estimate of drug-likeness (QED) is 0.679. The lowest BCUT2D eigenvalue weighted by atomic mass is 9.70. The molecule has 0 bridgehead atoms. The summed E-state index contributed by atoms with van der Waals surface area (Å²) in [5.41, 5.74) is -0.858. The minimum Gasteiger partial charge on any atom is -0.389 e. The smallest absolute Gasteiger partial charge is 0.389 e. The highest BCUT2D eigenvalue weighted by molar-refractivity contribution is 4.93. The van der Waals surface area contributed by atoms with Crippen LogP contribution in [0.15, 0.2) is 0 Å². The van der Waals surface area contributed by atoms with Gasteiger partial charge >= 0.3 is 6.18 Å². The lowest BCUT2D eigenvalue weighted by Gasteiger charge is -2.45. The van der Waals surface area contributed by atoms with Crippen molar-refractivity contribution in [2.24, 2.45) is 11.3 Å². The third-order valence-electron chi connectivity index (χ3n) is 5.03. The van der Waals surface area contributed by atoms with Crippen molar-refractivity contribution in [1.29, 1.82) is 0 Å². The van der Waals surface area contributed by atoms with E-state index in [1.807, 2.05) is 0 Å². The number of rotatable bonds is 3. The molecule has 1 heterocycles. The highest BCUT2D eigenvalue weighted by Gasteiger charge is 2.47. The molecule has 0 amide bonds. The van der Waals surface area contributed by atoms with E-state index in [1.165, 1.54) is 0 Å². The molecule has 130 valence electrons. The van der Waals surface area contributed by atoms with Gasteiger partial charge < -0.3 is 15.3 Å². The Labute approximate surface area is 126 Å². The maximum absolute atomic E-state index is 13.5. The number of nitrogens with zero attached hydrogens (tertiary/aromatic N) is 1. The molecule has 1 aliphatic carbocycles. The number of piperidine rings is 1. The van der Waals surface area contributed by atoms with Crippen LogP contribution in [0.25, 0.3) is 0 Å². The number of β-amino-alcohol motifs (C(OH)–C–C–N with tert-alkyl or cyclic N) is 2. The van der Waals surface area contributed by atoms with E-state index >= 15 is 0 Å². The van der Waals surface area contributed by atoms with E-state index in [9.17, 15) is 32.9 Å². The van der Waals surface area contributed by atoms with Crippen molar-refractivity contribution in [2.45, 2.75) is 50.2 Å². The predicted octanol–water partition coefficient (Wildman–Crippen LogP) is 1.09. The second kappa shape index (κ2) is 6.59. The van der Waals surface area contributed by atoms with Crippen LogP contribution in [0.4, 0.5) is 17.6 Å². The number of halogens is 4. The highest BCUT2D eigenvalue weighted by Crippen LogP contribution is 2.45. The highest BCUT2D eigenvalue weighted by atomic mass is 19.4. The molecular formula is C14H23F4NO3. The SMILES string of the molecule is OC1CN(CC2(CF)CCC(C(F)(F)F)CC2)CC(O)C1O. The molecular weight excluding hydrogens is 306 g/mol. The molecule has 8 heteroatoms. The molecule has 4 nitrogen and oxygen atoms in total. The third-order valence-corrected chi connectivity index (χ3v) is 5.03. The molecule has 0 spiro atoms. The van der Waals surface area contributed by atoms with Gasteiger partial charge in [-0.05, 0) is 25.7 Å². The summed E-state index contributed by atoms with van der Waals surface area (Å²) >= 11 is 0. The van der Waals surface area contributed by atoms with E-state index in [0.29, 0.717) is 0 Å². The van der Waals surface area contributed by atoms with Crippen molar-refractivity contribution in [3.63, 3.8) is 0 Å². The summed E-state index contributed by atoms with van der Waals surface area (Å²) in [7, 11) is 0. The van der Waals surface area contributed by atoms with Gasteiger partial charge in [-0.2, -0.15) is 13.2 Å². The number of alkyl halides is 4.